The second-order valence-electron chi connectivity index (χ2n) is 9.86. The molecule has 37 heavy (non-hydrogen) atoms. The molecule has 198 valence electrons. The van der Waals surface area contributed by atoms with E-state index in [-0.39, 0.29) is 12.4 Å². The van der Waals surface area contributed by atoms with E-state index in [4.69, 9.17) is 9.47 Å². The van der Waals surface area contributed by atoms with E-state index < -0.39 is 39.5 Å². The van der Waals surface area contributed by atoms with Gasteiger partial charge in [0.05, 0.1) is 25.0 Å². The number of aromatic nitrogens is 3. The molecule has 1 amide bonds. The minimum atomic E-state index is -1.06. The summed E-state index contributed by atoms with van der Waals surface area (Å²) in [5, 5.41) is 17.9. The molecule has 0 bridgehead atoms. The summed E-state index contributed by atoms with van der Waals surface area (Å²) in [5.74, 6) is -1.06. The maximum absolute atomic E-state index is 14.7. The van der Waals surface area contributed by atoms with Gasteiger partial charge in [0.2, 0.25) is 5.90 Å². The van der Waals surface area contributed by atoms with Crippen molar-refractivity contribution in [1.29, 1.82) is 0 Å². The highest BCUT2D eigenvalue weighted by molar-refractivity contribution is 8.01. The van der Waals surface area contributed by atoms with E-state index in [1.165, 1.54) is 18.2 Å². The number of halogens is 1. The Morgan fingerprint density at radius 2 is 2.03 bits per heavy atom. The van der Waals surface area contributed by atoms with Gasteiger partial charge in [-0.2, -0.15) is 5.10 Å². The molecule has 0 aromatic carbocycles. The zero-order valence-corrected chi connectivity index (χ0v) is 21.8. The average molecular weight is 533 g/mol. The molecule has 2 atom stereocenters. The Balaban J connectivity index is 1.60. The van der Waals surface area contributed by atoms with Crippen molar-refractivity contribution in [3.8, 4) is 0 Å². The predicted octanol–water partition coefficient (Wildman–Crippen LogP) is 3.62. The Kier molecular flexibility index (Phi) is 7.53. The molecule has 2 N–H and O–H groups in total. The van der Waals surface area contributed by atoms with Crippen molar-refractivity contribution in [3.63, 3.8) is 0 Å². The molecule has 13 heteroatoms. The van der Waals surface area contributed by atoms with Crippen molar-refractivity contribution in [2.45, 2.75) is 61.7 Å². The number of carbonyl (C=O) groups is 2. The summed E-state index contributed by atoms with van der Waals surface area (Å²) in [6, 6.07) is 6.21. The van der Waals surface area contributed by atoms with Gasteiger partial charge < -0.3 is 14.6 Å². The van der Waals surface area contributed by atoms with Crippen molar-refractivity contribution < 1.29 is 28.6 Å². The number of rotatable bonds is 7. The molecular weight excluding hydrogens is 503 g/mol. The third-order valence-electron chi connectivity index (χ3n) is 6.03. The molecule has 2 aromatic rings. The minimum absolute atomic E-state index is 0.103. The first-order valence-electron chi connectivity index (χ1n) is 11.7. The topological polar surface area (TPSA) is 139 Å². The van der Waals surface area contributed by atoms with E-state index in [1.54, 1.807) is 45.2 Å². The molecule has 0 saturated heterocycles. The Hall–Kier alpha value is -3.48. The number of thioether (sulfide) groups is 1. The van der Waals surface area contributed by atoms with Crippen LogP contribution in [0.1, 0.15) is 56.8 Å². The SMILES string of the molecule is COC1=NC(c2ccc(N(CC3(c4ncccc4F)CCC3)NC(=O)OC(C)(C)C)nn2)SC1C(=O)O. The number of nitrogens with one attached hydrogen (secondary N) is 1. The fraction of sp³-hybridized carbons (Fsp3) is 0.500. The van der Waals surface area contributed by atoms with Crippen LogP contribution in [0.4, 0.5) is 15.0 Å². The second-order valence-corrected chi connectivity index (χ2v) is 11.1. The number of amides is 1. The van der Waals surface area contributed by atoms with Crippen LogP contribution in [0.15, 0.2) is 35.5 Å². The molecule has 0 spiro atoms. The van der Waals surface area contributed by atoms with Gasteiger partial charge in [-0.25, -0.2) is 19.6 Å². The van der Waals surface area contributed by atoms with Crippen molar-refractivity contribution in [2.75, 3.05) is 18.7 Å². The minimum Gasteiger partial charge on any atom is -0.483 e. The quantitative estimate of drug-likeness (QED) is 0.508. The van der Waals surface area contributed by atoms with Crippen LogP contribution in [0.3, 0.4) is 0 Å². The monoisotopic (exact) mass is 532 g/mol. The first-order chi connectivity index (χ1) is 17.5. The molecule has 3 heterocycles. The molecular formula is C24H29FN6O5S. The Bertz CT molecular complexity index is 1180. The summed E-state index contributed by atoms with van der Waals surface area (Å²) < 4.78 is 25.3. The zero-order valence-electron chi connectivity index (χ0n) is 21.0. The number of carboxylic acids is 1. The van der Waals surface area contributed by atoms with Crippen LogP contribution in [0, 0.1) is 5.82 Å². The van der Waals surface area contributed by atoms with E-state index in [9.17, 15) is 19.1 Å². The number of aliphatic imine (C=N–C) groups is 1. The van der Waals surface area contributed by atoms with E-state index in [0.29, 0.717) is 30.0 Å². The van der Waals surface area contributed by atoms with Gasteiger partial charge in [0.25, 0.3) is 0 Å². The number of hydrazine groups is 1. The number of carbonyl (C=O) groups excluding carboxylic acids is 1. The summed E-state index contributed by atoms with van der Waals surface area (Å²) in [6.45, 7) is 5.45. The third kappa shape index (κ3) is 5.92. The molecule has 1 saturated carbocycles. The molecule has 2 aromatic heterocycles. The predicted molar refractivity (Wildman–Crippen MR) is 135 cm³/mol. The van der Waals surface area contributed by atoms with Crippen LogP contribution in [0.5, 0.6) is 0 Å². The van der Waals surface area contributed by atoms with Crippen LogP contribution in [0.25, 0.3) is 0 Å². The zero-order chi connectivity index (χ0) is 26.8. The smallest absolute Gasteiger partial charge is 0.426 e. The van der Waals surface area contributed by atoms with Crippen molar-refractivity contribution in [2.24, 2.45) is 4.99 Å². The number of ether oxygens (including phenoxy) is 2. The fourth-order valence-electron chi connectivity index (χ4n) is 4.21. The van der Waals surface area contributed by atoms with Crippen LogP contribution in [-0.4, -0.2) is 62.8 Å². The van der Waals surface area contributed by atoms with E-state index in [2.05, 4.69) is 25.6 Å². The van der Waals surface area contributed by atoms with Crippen LogP contribution < -0.4 is 10.4 Å². The summed E-state index contributed by atoms with van der Waals surface area (Å²) in [5.41, 5.74) is 2.12. The van der Waals surface area contributed by atoms with Gasteiger partial charge in [-0.1, -0.05) is 6.42 Å². The Morgan fingerprint density at radius 1 is 1.27 bits per heavy atom. The summed E-state index contributed by atoms with van der Waals surface area (Å²) in [6.07, 6.45) is 3.12. The molecule has 1 aliphatic carbocycles. The van der Waals surface area contributed by atoms with E-state index in [1.807, 2.05) is 0 Å². The Labute approximate surface area is 217 Å². The second kappa shape index (κ2) is 10.5. The molecule has 2 aliphatic rings. The van der Waals surface area contributed by atoms with Crippen LogP contribution in [-0.2, 0) is 19.7 Å². The average Bonchev–Trinajstić information content (AvgIpc) is 3.25. The van der Waals surface area contributed by atoms with Crippen molar-refractivity contribution in [1.82, 2.24) is 20.6 Å². The summed E-state index contributed by atoms with van der Waals surface area (Å²) in [4.78, 5) is 32.8. The van der Waals surface area contributed by atoms with Crippen LogP contribution >= 0.6 is 11.8 Å². The lowest BCUT2D eigenvalue weighted by Crippen LogP contribution is -2.54. The highest BCUT2D eigenvalue weighted by Gasteiger charge is 2.44. The molecule has 0 radical (unpaired) electrons. The fourth-order valence-corrected chi connectivity index (χ4v) is 5.29. The molecule has 11 nitrogen and oxygen atoms in total. The molecule has 1 fully saturated rings. The normalized spacial score (nSPS) is 20.4. The van der Waals surface area contributed by atoms with Gasteiger partial charge in [-0.3, -0.25) is 14.8 Å². The number of aliphatic carboxylic acids is 1. The summed E-state index contributed by atoms with van der Waals surface area (Å²) >= 11 is 1.07. The maximum atomic E-state index is 14.7. The number of pyridine rings is 1. The van der Waals surface area contributed by atoms with Gasteiger partial charge >= 0.3 is 12.1 Å². The van der Waals surface area contributed by atoms with Gasteiger partial charge in [-0.15, -0.1) is 16.9 Å². The van der Waals surface area contributed by atoms with Gasteiger partial charge in [-0.05, 0) is 57.9 Å². The van der Waals surface area contributed by atoms with Gasteiger partial charge in [0.1, 0.15) is 16.8 Å². The lowest BCUT2D eigenvalue weighted by molar-refractivity contribution is -0.135. The van der Waals surface area contributed by atoms with Crippen LogP contribution in [0.2, 0.25) is 0 Å². The largest absolute Gasteiger partial charge is 0.483 e. The highest BCUT2D eigenvalue weighted by atomic mass is 32.2. The first kappa shape index (κ1) is 26.6. The van der Waals surface area contributed by atoms with E-state index >= 15 is 0 Å². The number of carboxylic acid groups (broad SMARTS) is 1. The lowest BCUT2D eigenvalue weighted by atomic mass is 9.66. The Morgan fingerprint density at radius 3 is 2.54 bits per heavy atom. The number of hydrogen-bond donors (Lipinski definition) is 2. The van der Waals surface area contributed by atoms with Crippen molar-refractivity contribution in [3.05, 3.63) is 47.7 Å². The standard InChI is InChI=1S/C24H29FN6O5S/c1-23(2,3)36-22(34)30-31(13-24(10-6-11-24)18-14(25)7-5-12-26-18)16-9-8-15(28-29-16)20-27-19(35-4)17(37-20)21(32)33/h5,7-9,12,17,20H,6,10-11,13H2,1-4H3,(H,30,34)(H,32,33). The number of anilines is 1. The summed E-state index contributed by atoms with van der Waals surface area (Å²) in [7, 11) is 1.37. The number of methoxy groups -OCH3 is 1. The maximum Gasteiger partial charge on any atom is 0.426 e. The molecule has 2 unspecified atom stereocenters. The lowest BCUT2D eigenvalue weighted by Gasteiger charge is -2.44. The number of nitrogens with zero attached hydrogens (tertiary/aromatic N) is 5. The third-order valence-corrected chi connectivity index (χ3v) is 7.31. The molecule has 1 aliphatic heterocycles. The van der Waals surface area contributed by atoms with Gasteiger partial charge in [0, 0.05) is 11.6 Å². The first-order valence-corrected chi connectivity index (χ1v) is 12.7. The highest BCUT2D eigenvalue weighted by Crippen LogP contribution is 2.45. The van der Waals surface area contributed by atoms with Crippen molar-refractivity contribution >= 4 is 35.5 Å². The molecule has 4 rings (SSSR count). The van der Waals surface area contributed by atoms with Gasteiger partial charge in [0.15, 0.2) is 11.1 Å². The number of hydrogen-bond acceptors (Lipinski definition) is 10. The van der Waals surface area contributed by atoms with E-state index in [0.717, 1.165) is 18.2 Å².